The number of allylic oxidation sites excluding steroid dienone is 3. The van der Waals surface area contributed by atoms with E-state index < -0.39 is 24.5 Å². The monoisotopic (exact) mass is 252 g/mol. The minimum atomic E-state index is -0.704. The number of nitrogens with one attached hydrogen (secondary N) is 2. The van der Waals surface area contributed by atoms with Crippen molar-refractivity contribution in [2.45, 2.75) is 6.92 Å². The van der Waals surface area contributed by atoms with Gasteiger partial charge in [-0.1, -0.05) is 24.3 Å². The van der Waals surface area contributed by atoms with Crippen LogP contribution in [0.4, 0.5) is 4.79 Å². The first-order valence-corrected chi connectivity index (χ1v) is 5.24. The number of urea groups is 1. The second-order valence-electron chi connectivity index (χ2n) is 3.04. The number of amides is 3. The van der Waals surface area contributed by atoms with Crippen molar-refractivity contribution in [3.8, 4) is 0 Å². The summed E-state index contributed by atoms with van der Waals surface area (Å²) < 4.78 is 4.58. The Morgan fingerprint density at radius 2 is 2.00 bits per heavy atom. The standard InChI is InChI=1S/C12H16N2O4/c1-3-5-6-7-11(16)18-9-10(15)14-12(17)13-8-4-2/h3-7H,2,8-9H2,1H3,(H2,13,14,15,17). The van der Waals surface area contributed by atoms with Crippen molar-refractivity contribution in [2.24, 2.45) is 0 Å². The molecule has 0 bridgehead atoms. The second kappa shape index (κ2) is 9.83. The van der Waals surface area contributed by atoms with Gasteiger partial charge >= 0.3 is 12.0 Å². The van der Waals surface area contributed by atoms with Crippen LogP contribution in [0.25, 0.3) is 0 Å². The van der Waals surface area contributed by atoms with E-state index >= 15 is 0 Å². The number of carbonyl (C=O) groups excluding carboxylic acids is 3. The van der Waals surface area contributed by atoms with E-state index in [0.29, 0.717) is 0 Å². The number of rotatable bonds is 6. The molecule has 0 rings (SSSR count). The number of esters is 1. The molecule has 0 heterocycles. The smallest absolute Gasteiger partial charge is 0.331 e. The molecular weight excluding hydrogens is 236 g/mol. The summed E-state index contributed by atoms with van der Waals surface area (Å²) in [6, 6.07) is -0.666. The Morgan fingerprint density at radius 3 is 2.61 bits per heavy atom. The van der Waals surface area contributed by atoms with Gasteiger partial charge in [0, 0.05) is 12.6 Å². The zero-order valence-electron chi connectivity index (χ0n) is 10.1. The van der Waals surface area contributed by atoms with Crippen molar-refractivity contribution in [1.29, 1.82) is 0 Å². The van der Waals surface area contributed by atoms with Crippen LogP contribution in [0.1, 0.15) is 6.92 Å². The van der Waals surface area contributed by atoms with E-state index in [9.17, 15) is 14.4 Å². The summed E-state index contributed by atoms with van der Waals surface area (Å²) in [6.07, 6.45) is 7.50. The number of imide groups is 1. The summed E-state index contributed by atoms with van der Waals surface area (Å²) in [5.74, 6) is -1.36. The van der Waals surface area contributed by atoms with Gasteiger partial charge in [-0.15, -0.1) is 6.58 Å². The van der Waals surface area contributed by atoms with Crippen molar-refractivity contribution in [2.75, 3.05) is 13.2 Å². The average molecular weight is 252 g/mol. The van der Waals surface area contributed by atoms with Crippen LogP contribution in [-0.2, 0) is 14.3 Å². The van der Waals surface area contributed by atoms with Crippen LogP contribution in [0, 0.1) is 0 Å². The maximum Gasteiger partial charge on any atom is 0.331 e. The Morgan fingerprint density at radius 1 is 1.28 bits per heavy atom. The Bertz CT molecular complexity index is 372. The lowest BCUT2D eigenvalue weighted by molar-refractivity contribution is -0.143. The minimum absolute atomic E-state index is 0.241. The van der Waals surface area contributed by atoms with Gasteiger partial charge in [-0.2, -0.15) is 0 Å². The van der Waals surface area contributed by atoms with Crippen LogP contribution < -0.4 is 10.6 Å². The highest BCUT2D eigenvalue weighted by molar-refractivity contribution is 5.96. The summed E-state index contributed by atoms with van der Waals surface area (Å²) in [6.45, 7) is 4.92. The molecule has 6 nitrogen and oxygen atoms in total. The summed E-state index contributed by atoms with van der Waals surface area (Å²) in [5, 5.41) is 4.33. The maximum absolute atomic E-state index is 11.1. The lowest BCUT2D eigenvalue weighted by atomic mass is 10.4. The predicted molar refractivity (Wildman–Crippen MR) is 66.7 cm³/mol. The van der Waals surface area contributed by atoms with Crippen molar-refractivity contribution in [3.63, 3.8) is 0 Å². The molecule has 0 atom stereocenters. The molecule has 2 N–H and O–H groups in total. The van der Waals surface area contributed by atoms with Gasteiger partial charge in [0.1, 0.15) is 0 Å². The largest absolute Gasteiger partial charge is 0.452 e. The Balaban J connectivity index is 3.85. The van der Waals surface area contributed by atoms with Gasteiger partial charge in [0.05, 0.1) is 0 Å². The van der Waals surface area contributed by atoms with Crippen LogP contribution in [0.15, 0.2) is 37.0 Å². The summed E-state index contributed by atoms with van der Waals surface area (Å²) in [7, 11) is 0. The van der Waals surface area contributed by atoms with Gasteiger partial charge in [-0.25, -0.2) is 9.59 Å². The topological polar surface area (TPSA) is 84.5 Å². The predicted octanol–water partition coefficient (Wildman–Crippen LogP) is 0.674. The fourth-order valence-corrected chi connectivity index (χ4v) is 0.802. The SMILES string of the molecule is C=CCNC(=O)NC(=O)COC(=O)C=CC=CC. The molecule has 0 aliphatic rings. The number of hydrogen-bond acceptors (Lipinski definition) is 4. The molecule has 98 valence electrons. The minimum Gasteiger partial charge on any atom is -0.452 e. The highest BCUT2D eigenvalue weighted by atomic mass is 16.5. The maximum atomic E-state index is 11.1. The molecule has 0 fully saturated rings. The quantitative estimate of drug-likeness (QED) is 0.315. The molecule has 0 aliphatic heterocycles. The van der Waals surface area contributed by atoms with Crippen LogP contribution >= 0.6 is 0 Å². The molecule has 18 heavy (non-hydrogen) atoms. The zero-order valence-corrected chi connectivity index (χ0v) is 10.1. The third kappa shape index (κ3) is 8.90. The van der Waals surface area contributed by atoms with E-state index in [1.165, 1.54) is 18.2 Å². The van der Waals surface area contributed by atoms with E-state index in [1.54, 1.807) is 19.1 Å². The van der Waals surface area contributed by atoms with E-state index in [-0.39, 0.29) is 6.54 Å². The lowest BCUT2D eigenvalue weighted by Gasteiger charge is -2.04. The first-order chi connectivity index (χ1) is 8.60. The first kappa shape index (κ1) is 15.6. The normalized spacial score (nSPS) is 10.3. The van der Waals surface area contributed by atoms with Gasteiger partial charge in [0.2, 0.25) is 0 Å². The van der Waals surface area contributed by atoms with Crippen LogP contribution in [0.5, 0.6) is 0 Å². The Labute approximate surface area is 105 Å². The zero-order chi connectivity index (χ0) is 13.8. The summed E-state index contributed by atoms with van der Waals surface area (Å²) >= 11 is 0. The fraction of sp³-hybridized carbons (Fsp3) is 0.250. The Hall–Kier alpha value is -2.37. The van der Waals surface area contributed by atoms with E-state index in [4.69, 9.17) is 0 Å². The number of ether oxygens (including phenoxy) is 1. The number of hydrogen-bond donors (Lipinski definition) is 2. The van der Waals surface area contributed by atoms with Gasteiger partial charge in [-0.3, -0.25) is 10.1 Å². The van der Waals surface area contributed by atoms with Gasteiger partial charge < -0.3 is 10.1 Å². The molecule has 0 saturated heterocycles. The van der Waals surface area contributed by atoms with Gasteiger partial charge in [0.15, 0.2) is 6.61 Å². The molecule has 0 aromatic heterocycles. The second-order valence-corrected chi connectivity index (χ2v) is 3.04. The van der Waals surface area contributed by atoms with Crippen LogP contribution in [-0.4, -0.2) is 31.1 Å². The molecule has 0 aromatic rings. The highest BCUT2D eigenvalue weighted by Crippen LogP contribution is 1.84. The highest BCUT2D eigenvalue weighted by Gasteiger charge is 2.08. The van der Waals surface area contributed by atoms with Crippen molar-refractivity contribution in [1.82, 2.24) is 10.6 Å². The first-order valence-electron chi connectivity index (χ1n) is 5.24. The molecule has 0 radical (unpaired) electrons. The van der Waals surface area contributed by atoms with Crippen molar-refractivity contribution in [3.05, 3.63) is 37.0 Å². The molecular formula is C12H16N2O4. The molecule has 6 heteroatoms. The molecule has 3 amide bonds. The molecule has 0 spiro atoms. The van der Waals surface area contributed by atoms with E-state index in [0.717, 1.165) is 0 Å². The van der Waals surface area contributed by atoms with Crippen molar-refractivity contribution >= 4 is 17.9 Å². The molecule has 0 aliphatic carbocycles. The average Bonchev–Trinajstić information content (AvgIpc) is 2.34. The molecule has 0 saturated carbocycles. The van der Waals surface area contributed by atoms with E-state index in [1.807, 2.05) is 5.32 Å². The van der Waals surface area contributed by atoms with Crippen LogP contribution in [0.2, 0.25) is 0 Å². The summed E-state index contributed by atoms with van der Waals surface area (Å²) in [4.78, 5) is 33.2. The third-order valence-electron chi connectivity index (χ3n) is 1.54. The summed E-state index contributed by atoms with van der Waals surface area (Å²) in [5.41, 5.74) is 0. The molecule has 0 aromatic carbocycles. The van der Waals surface area contributed by atoms with Crippen LogP contribution in [0.3, 0.4) is 0 Å². The van der Waals surface area contributed by atoms with E-state index in [2.05, 4.69) is 16.6 Å². The van der Waals surface area contributed by atoms with Gasteiger partial charge in [-0.05, 0) is 6.92 Å². The molecule has 0 unspecified atom stereocenters. The third-order valence-corrected chi connectivity index (χ3v) is 1.54. The van der Waals surface area contributed by atoms with Gasteiger partial charge in [0.25, 0.3) is 5.91 Å². The van der Waals surface area contributed by atoms with Crippen molar-refractivity contribution < 1.29 is 19.1 Å². The number of carbonyl (C=O) groups is 3. The lowest BCUT2D eigenvalue weighted by Crippen LogP contribution is -2.41. The Kier molecular flexibility index (Phi) is 8.53. The fourth-order valence-electron chi connectivity index (χ4n) is 0.802.